The number of hydrogen-bond donors (Lipinski definition) is 0. The molecule has 15 heavy (non-hydrogen) atoms. The Kier molecular flexibility index (Phi) is 2.26. The van der Waals surface area contributed by atoms with E-state index in [-0.39, 0.29) is 5.82 Å². The third-order valence-corrected chi connectivity index (χ3v) is 3.32. The molecule has 0 aromatic heterocycles. The van der Waals surface area contributed by atoms with Crippen molar-refractivity contribution in [1.29, 1.82) is 0 Å². The summed E-state index contributed by atoms with van der Waals surface area (Å²) in [4.78, 5) is 0. The molecular formula is C14H15F. The molecular weight excluding hydrogens is 187 g/mol. The van der Waals surface area contributed by atoms with E-state index in [2.05, 4.69) is 6.58 Å². The summed E-state index contributed by atoms with van der Waals surface area (Å²) < 4.78 is 13.5. The molecule has 0 heterocycles. The standard InChI is InChI=1S/C14H15F/c1-8-5-12-7-14(15)11(4)10(3)13(12)6-9(8)2/h5,7H,2,6H2,1,3-4H3. The molecule has 1 aromatic rings. The minimum atomic E-state index is -0.109. The van der Waals surface area contributed by atoms with Crippen LogP contribution in [0.2, 0.25) is 0 Å². The summed E-state index contributed by atoms with van der Waals surface area (Å²) in [6.07, 6.45) is 2.88. The van der Waals surface area contributed by atoms with Gasteiger partial charge in [0.1, 0.15) is 5.82 Å². The zero-order chi connectivity index (χ0) is 11.2. The van der Waals surface area contributed by atoms with Gasteiger partial charge in [-0.3, -0.25) is 0 Å². The van der Waals surface area contributed by atoms with Crippen molar-refractivity contribution in [2.75, 3.05) is 0 Å². The second kappa shape index (κ2) is 3.34. The maximum atomic E-state index is 13.5. The Balaban J connectivity index is 2.71. The minimum Gasteiger partial charge on any atom is -0.207 e. The van der Waals surface area contributed by atoms with E-state index in [1.807, 2.05) is 26.8 Å². The van der Waals surface area contributed by atoms with E-state index in [1.54, 1.807) is 6.07 Å². The first-order valence-electron chi connectivity index (χ1n) is 5.15. The molecule has 0 nitrogen and oxygen atoms in total. The molecule has 0 unspecified atom stereocenters. The zero-order valence-electron chi connectivity index (χ0n) is 9.45. The normalized spacial score (nSPS) is 14.9. The fourth-order valence-corrected chi connectivity index (χ4v) is 2.01. The quantitative estimate of drug-likeness (QED) is 0.597. The van der Waals surface area contributed by atoms with Crippen LogP contribution in [-0.4, -0.2) is 0 Å². The van der Waals surface area contributed by atoms with Crippen LogP contribution in [-0.2, 0) is 6.42 Å². The Bertz CT molecular complexity index is 479. The lowest BCUT2D eigenvalue weighted by Crippen LogP contribution is -2.05. The van der Waals surface area contributed by atoms with Crippen LogP contribution in [0.3, 0.4) is 0 Å². The lowest BCUT2D eigenvalue weighted by Gasteiger charge is -2.20. The Hall–Kier alpha value is -1.37. The van der Waals surface area contributed by atoms with Gasteiger partial charge in [0.15, 0.2) is 0 Å². The Morgan fingerprint density at radius 3 is 2.53 bits per heavy atom. The van der Waals surface area contributed by atoms with Crippen molar-refractivity contribution in [2.45, 2.75) is 27.2 Å². The minimum absolute atomic E-state index is 0.109. The van der Waals surface area contributed by atoms with Crippen LogP contribution in [0.15, 0.2) is 23.8 Å². The fraction of sp³-hybridized carbons (Fsp3) is 0.286. The number of hydrogen-bond acceptors (Lipinski definition) is 0. The predicted molar refractivity (Wildman–Crippen MR) is 62.4 cm³/mol. The molecule has 0 aliphatic heterocycles. The highest BCUT2D eigenvalue weighted by molar-refractivity contribution is 5.67. The molecule has 2 rings (SSSR count). The van der Waals surface area contributed by atoms with Gasteiger partial charge >= 0.3 is 0 Å². The van der Waals surface area contributed by atoms with Gasteiger partial charge in [0.2, 0.25) is 0 Å². The highest BCUT2D eigenvalue weighted by Crippen LogP contribution is 2.31. The maximum Gasteiger partial charge on any atom is 0.126 e. The van der Waals surface area contributed by atoms with E-state index in [0.29, 0.717) is 0 Å². The largest absolute Gasteiger partial charge is 0.207 e. The van der Waals surface area contributed by atoms with Crippen LogP contribution in [0, 0.1) is 19.7 Å². The van der Waals surface area contributed by atoms with Crippen LogP contribution in [0.4, 0.5) is 4.39 Å². The van der Waals surface area contributed by atoms with Crippen molar-refractivity contribution >= 4 is 6.08 Å². The van der Waals surface area contributed by atoms with Crippen molar-refractivity contribution in [3.63, 3.8) is 0 Å². The van der Waals surface area contributed by atoms with Gasteiger partial charge in [-0.1, -0.05) is 12.7 Å². The van der Waals surface area contributed by atoms with Gasteiger partial charge in [0.25, 0.3) is 0 Å². The zero-order valence-corrected chi connectivity index (χ0v) is 9.45. The molecule has 0 saturated carbocycles. The molecule has 1 aliphatic rings. The summed E-state index contributed by atoms with van der Waals surface area (Å²) >= 11 is 0. The molecule has 0 saturated heterocycles. The van der Waals surface area contributed by atoms with E-state index in [4.69, 9.17) is 0 Å². The molecule has 1 aromatic carbocycles. The number of allylic oxidation sites excluding steroid dienone is 2. The van der Waals surface area contributed by atoms with Crippen molar-refractivity contribution in [2.24, 2.45) is 0 Å². The van der Waals surface area contributed by atoms with E-state index < -0.39 is 0 Å². The van der Waals surface area contributed by atoms with E-state index >= 15 is 0 Å². The first-order valence-corrected chi connectivity index (χ1v) is 5.15. The van der Waals surface area contributed by atoms with Crippen LogP contribution >= 0.6 is 0 Å². The molecule has 1 heteroatoms. The van der Waals surface area contributed by atoms with Crippen molar-refractivity contribution < 1.29 is 4.39 Å². The molecule has 1 aliphatic carbocycles. The first kappa shape index (κ1) is 10.2. The first-order chi connectivity index (χ1) is 7.00. The number of halogens is 1. The lowest BCUT2D eigenvalue weighted by atomic mass is 9.85. The molecule has 0 spiro atoms. The number of rotatable bonds is 0. The molecule has 0 amide bonds. The summed E-state index contributed by atoms with van der Waals surface area (Å²) in [5.74, 6) is -0.109. The molecule has 0 bridgehead atoms. The topological polar surface area (TPSA) is 0 Å². The molecule has 0 fully saturated rings. The summed E-state index contributed by atoms with van der Waals surface area (Å²) in [7, 11) is 0. The van der Waals surface area contributed by atoms with E-state index in [9.17, 15) is 4.39 Å². The average Bonchev–Trinajstić information content (AvgIpc) is 2.19. The Labute approximate surface area is 90.1 Å². The third-order valence-electron chi connectivity index (χ3n) is 3.32. The van der Waals surface area contributed by atoms with Crippen LogP contribution in [0.1, 0.15) is 29.2 Å². The maximum absolute atomic E-state index is 13.5. The van der Waals surface area contributed by atoms with E-state index in [0.717, 1.165) is 34.3 Å². The van der Waals surface area contributed by atoms with Gasteiger partial charge in [-0.15, -0.1) is 0 Å². The Morgan fingerprint density at radius 1 is 1.20 bits per heavy atom. The van der Waals surface area contributed by atoms with Gasteiger partial charge in [-0.2, -0.15) is 0 Å². The van der Waals surface area contributed by atoms with Crippen LogP contribution < -0.4 is 0 Å². The molecule has 0 N–H and O–H groups in total. The van der Waals surface area contributed by atoms with E-state index in [1.165, 1.54) is 5.56 Å². The van der Waals surface area contributed by atoms with Crippen molar-refractivity contribution in [1.82, 2.24) is 0 Å². The number of benzene rings is 1. The summed E-state index contributed by atoms with van der Waals surface area (Å²) in [5.41, 5.74) is 6.36. The van der Waals surface area contributed by atoms with Crippen molar-refractivity contribution in [3.8, 4) is 0 Å². The molecule has 0 atom stereocenters. The van der Waals surface area contributed by atoms with Gasteiger partial charge in [0.05, 0.1) is 0 Å². The monoisotopic (exact) mass is 202 g/mol. The highest BCUT2D eigenvalue weighted by atomic mass is 19.1. The smallest absolute Gasteiger partial charge is 0.126 e. The summed E-state index contributed by atoms with van der Waals surface area (Å²) in [5, 5.41) is 0. The Morgan fingerprint density at radius 2 is 1.87 bits per heavy atom. The molecule has 78 valence electrons. The lowest BCUT2D eigenvalue weighted by molar-refractivity contribution is 0.615. The average molecular weight is 202 g/mol. The van der Waals surface area contributed by atoms with Crippen molar-refractivity contribution in [3.05, 3.63) is 51.9 Å². The van der Waals surface area contributed by atoms with Crippen LogP contribution in [0.25, 0.3) is 6.08 Å². The van der Waals surface area contributed by atoms with Gasteiger partial charge in [0, 0.05) is 0 Å². The summed E-state index contributed by atoms with van der Waals surface area (Å²) in [6, 6.07) is 1.63. The highest BCUT2D eigenvalue weighted by Gasteiger charge is 2.16. The second-order valence-electron chi connectivity index (χ2n) is 4.28. The van der Waals surface area contributed by atoms with Gasteiger partial charge < -0.3 is 0 Å². The summed E-state index contributed by atoms with van der Waals surface area (Å²) in [6.45, 7) is 9.87. The van der Waals surface area contributed by atoms with Gasteiger partial charge in [-0.25, -0.2) is 4.39 Å². The van der Waals surface area contributed by atoms with Crippen LogP contribution in [0.5, 0.6) is 0 Å². The second-order valence-corrected chi connectivity index (χ2v) is 4.28. The number of fused-ring (bicyclic) bond motifs is 1. The van der Waals surface area contributed by atoms with Gasteiger partial charge in [-0.05, 0) is 66.7 Å². The predicted octanol–water partition coefficient (Wildman–Crippen LogP) is 3.96. The SMILES string of the molecule is C=C1Cc2c(cc(F)c(C)c2C)C=C1C. The fourth-order valence-electron chi connectivity index (χ4n) is 2.01. The molecule has 0 radical (unpaired) electrons. The third kappa shape index (κ3) is 1.52.